The second kappa shape index (κ2) is 8.67. The molecule has 2 N–H and O–H groups in total. The van der Waals surface area contributed by atoms with Gasteiger partial charge in [0.05, 0.1) is 12.2 Å². The van der Waals surface area contributed by atoms with Crippen LogP contribution in [0.3, 0.4) is 0 Å². The van der Waals surface area contributed by atoms with Gasteiger partial charge in [-0.15, -0.1) is 0 Å². The lowest BCUT2D eigenvalue weighted by Crippen LogP contribution is -2.45. The Kier molecular flexibility index (Phi) is 7.22. The first-order valence-electron chi connectivity index (χ1n) is 7.62. The van der Waals surface area contributed by atoms with Crippen LogP contribution in [-0.2, 0) is 13.6 Å². The van der Waals surface area contributed by atoms with Gasteiger partial charge in [0.2, 0.25) is 0 Å². The number of guanidine groups is 1. The van der Waals surface area contributed by atoms with E-state index in [0.29, 0.717) is 18.6 Å². The molecule has 0 aromatic carbocycles. The van der Waals surface area contributed by atoms with E-state index in [-0.39, 0.29) is 0 Å². The van der Waals surface area contributed by atoms with Gasteiger partial charge in [-0.05, 0) is 33.8 Å². The van der Waals surface area contributed by atoms with Crippen molar-refractivity contribution in [3.05, 3.63) is 18.0 Å². The molecule has 0 atom stereocenters. The smallest absolute Gasteiger partial charge is 0.191 e. The molecule has 0 aliphatic heterocycles. The number of rotatable bonds is 7. The van der Waals surface area contributed by atoms with E-state index in [9.17, 15) is 0 Å². The Balaban J connectivity index is 2.36. The maximum absolute atomic E-state index is 4.25. The maximum atomic E-state index is 4.25. The van der Waals surface area contributed by atoms with Crippen molar-refractivity contribution in [2.24, 2.45) is 12.0 Å². The van der Waals surface area contributed by atoms with Crippen molar-refractivity contribution in [3.8, 4) is 0 Å². The molecule has 0 bridgehead atoms. The Morgan fingerprint density at radius 3 is 2.43 bits per heavy atom. The summed E-state index contributed by atoms with van der Waals surface area (Å²) >= 11 is 0. The molecule has 1 aromatic heterocycles. The molecular weight excluding hydrogens is 264 g/mol. The fourth-order valence-electron chi connectivity index (χ4n) is 2.39. The topological polar surface area (TPSA) is 57.5 Å². The van der Waals surface area contributed by atoms with Crippen molar-refractivity contribution >= 4 is 5.96 Å². The van der Waals surface area contributed by atoms with Crippen molar-refractivity contribution in [2.75, 3.05) is 20.1 Å². The molecule has 21 heavy (non-hydrogen) atoms. The molecule has 1 aromatic rings. The first-order valence-corrected chi connectivity index (χ1v) is 7.62. The van der Waals surface area contributed by atoms with Gasteiger partial charge in [0.15, 0.2) is 5.96 Å². The molecule has 6 nitrogen and oxygen atoms in total. The Bertz CT molecular complexity index is 427. The fourth-order valence-corrected chi connectivity index (χ4v) is 2.39. The summed E-state index contributed by atoms with van der Waals surface area (Å²) in [6, 6.07) is 3.10. The van der Waals surface area contributed by atoms with Gasteiger partial charge in [0, 0.05) is 45.5 Å². The van der Waals surface area contributed by atoms with Crippen molar-refractivity contribution in [1.82, 2.24) is 25.3 Å². The van der Waals surface area contributed by atoms with Crippen molar-refractivity contribution in [3.63, 3.8) is 0 Å². The van der Waals surface area contributed by atoms with E-state index in [1.54, 1.807) is 13.2 Å². The number of hydrogen-bond acceptors (Lipinski definition) is 3. The molecule has 0 aliphatic rings. The van der Waals surface area contributed by atoms with Crippen molar-refractivity contribution in [1.29, 1.82) is 0 Å². The summed E-state index contributed by atoms with van der Waals surface area (Å²) in [5, 5.41) is 10.8. The molecule has 0 unspecified atom stereocenters. The van der Waals surface area contributed by atoms with Crippen LogP contribution in [0, 0.1) is 0 Å². The Labute approximate surface area is 128 Å². The van der Waals surface area contributed by atoms with Crippen molar-refractivity contribution < 1.29 is 0 Å². The van der Waals surface area contributed by atoms with Crippen LogP contribution in [0.15, 0.2) is 17.3 Å². The lowest BCUT2D eigenvalue weighted by Gasteiger charge is -2.30. The minimum atomic E-state index is 0.552. The molecular formula is C15H30N6. The normalized spacial score (nSPS) is 12.5. The van der Waals surface area contributed by atoms with Crippen LogP contribution in [-0.4, -0.2) is 52.9 Å². The second-order valence-corrected chi connectivity index (χ2v) is 5.72. The number of nitrogens with zero attached hydrogens (tertiary/aromatic N) is 4. The third-order valence-electron chi connectivity index (χ3n) is 3.57. The quantitative estimate of drug-likeness (QED) is 0.586. The molecule has 0 radical (unpaired) electrons. The van der Waals surface area contributed by atoms with Crippen molar-refractivity contribution in [2.45, 2.75) is 46.3 Å². The number of aliphatic imine (C=N–C) groups is 1. The molecule has 0 saturated heterocycles. The van der Waals surface area contributed by atoms with E-state index in [1.165, 1.54) is 0 Å². The summed E-state index contributed by atoms with van der Waals surface area (Å²) < 4.78 is 1.86. The van der Waals surface area contributed by atoms with Crippen LogP contribution in [0.4, 0.5) is 0 Å². The van der Waals surface area contributed by atoms with Crippen LogP contribution in [0.5, 0.6) is 0 Å². The largest absolute Gasteiger partial charge is 0.355 e. The molecule has 1 heterocycles. The summed E-state index contributed by atoms with van der Waals surface area (Å²) in [5.41, 5.74) is 1.13. The van der Waals surface area contributed by atoms with Crippen LogP contribution in [0.2, 0.25) is 0 Å². The predicted octanol–water partition coefficient (Wildman–Crippen LogP) is 1.20. The third-order valence-corrected chi connectivity index (χ3v) is 3.57. The average Bonchev–Trinajstić information content (AvgIpc) is 2.82. The minimum Gasteiger partial charge on any atom is -0.355 e. The second-order valence-electron chi connectivity index (χ2n) is 5.72. The van der Waals surface area contributed by atoms with Gasteiger partial charge < -0.3 is 10.6 Å². The molecule has 1 rings (SSSR count). The van der Waals surface area contributed by atoms with Gasteiger partial charge in [-0.3, -0.25) is 14.6 Å². The van der Waals surface area contributed by atoms with E-state index in [0.717, 1.165) is 24.7 Å². The SMILES string of the molecule is CN=C(NCCN(C(C)C)C(C)C)NCc1ccnn1C. The highest BCUT2D eigenvalue weighted by atomic mass is 15.3. The van der Waals surface area contributed by atoms with E-state index >= 15 is 0 Å². The monoisotopic (exact) mass is 294 g/mol. The number of aryl methyl sites for hydroxylation is 1. The fraction of sp³-hybridized carbons (Fsp3) is 0.733. The van der Waals surface area contributed by atoms with Gasteiger partial charge in [-0.1, -0.05) is 0 Å². The first-order chi connectivity index (χ1) is 9.95. The highest BCUT2D eigenvalue weighted by Gasteiger charge is 2.12. The highest BCUT2D eigenvalue weighted by molar-refractivity contribution is 5.79. The van der Waals surface area contributed by atoms with Crippen LogP contribution < -0.4 is 10.6 Å². The van der Waals surface area contributed by atoms with Gasteiger partial charge in [0.25, 0.3) is 0 Å². The number of nitrogens with one attached hydrogen (secondary N) is 2. The molecule has 120 valence electrons. The standard InChI is InChI=1S/C15H30N6/c1-12(2)21(13(3)4)10-9-17-15(16-5)18-11-14-7-8-19-20(14)6/h7-8,12-13H,9-11H2,1-6H3,(H2,16,17,18). The van der Waals surface area contributed by atoms with E-state index in [2.05, 4.69) is 53.3 Å². The van der Waals surface area contributed by atoms with E-state index < -0.39 is 0 Å². The lowest BCUT2D eigenvalue weighted by atomic mass is 10.2. The molecule has 0 spiro atoms. The molecule has 0 fully saturated rings. The summed E-state index contributed by atoms with van der Waals surface area (Å²) in [6.45, 7) is 11.5. The number of hydrogen-bond donors (Lipinski definition) is 2. The summed E-state index contributed by atoms with van der Waals surface area (Å²) in [5.74, 6) is 0.823. The average molecular weight is 294 g/mol. The van der Waals surface area contributed by atoms with Gasteiger partial charge >= 0.3 is 0 Å². The molecule has 0 amide bonds. The van der Waals surface area contributed by atoms with Gasteiger partial charge in [0.1, 0.15) is 0 Å². The zero-order valence-electron chi connectivity index (χ0n) is 14.2. The summed E-state index contributed by atoms with van der Waals surface area (Å²) in [6.07, 6.45) is 1.80. The van der Waals surface area contributed by atoms with Crippen LogP contribution in [0.25, 0.3) is 0 Å². The van der Waals surface area contributed by atoms with E-state index in [1.807, 2.05) is 17.8 Å². The lowest BCUT2D eigenvalue weighted by molar-refractivity contribution is 0.178. The third kappa shape index (κ3) is 5.75. The van der Waals surface area contributed by atoms with Crippen LogP contribution >= 0.6 is 0 Å². The summed E-state index contributed by atoms with van der Waals surface area (Å²) in [7, 11) is 3.73. The predicted molar refractivity (Wildman–Crippen MR) is 88.4 cm³/mol. The first kappa shape index (κ1) is 17.5. The maximum Gasteiger partial charge on any atom is 0.191 e. The number of aromatic nitrogens is 2. The Morgan fingerprint density at radius 1 is 1.29 bits per heavy atom. The highest BCUT2D eigenvalue weighted by Crippen LogP contribution is 2.03. The Morgan fingerprint density at radius 2 is 1.95 bits per heavy atom. The zero-order chi connectivity index (χ0) is 15.8. The van der Waals surface area contributed by atoms with E-state index in [4.69, 9.17) is 0 Å². The molecule has 0 aliphatic carbocycles. The summed E-state index contributed by atoms with van der Waals surface area (Å²) in [4.78, 5) is 6.71. The van der Waals surface area contributed by atoms with Crippen LogP contribution in [0.1, 0.15) is 33.4 Å². The minimum absolute atomic E-state index is 0.552. The Hall–Kier alpha value is -1.56. The zero-order valence-corrected chi connectivity index (χ0v) is 14.2. The van der Waals surface area contributed by atoms with Gasteiger partial charge in [-0.2, -0.15) is 5.10 Å². The molecule has 6 heteroatoms. The van der Waals surface area contributed by atoms with Gasteiger partial charge in [-0.25, -0.2) is 0 Å². The molecule has 0 saturated carbocycles.